The van der Waals surface area contributed by atoms with Gasteiger partial charge in [-0.15, -0.1) is 0 Å². The average Bonchev–Trinajstić information content (AvgIpc) is 3.14. The molecule has 0 fully saturated rings. The van der Waals surface area contributed by atoms with Crippen LogP contribution in [0.1, 0.15) is 101 Å². The third kappa shape index (κ3) is 11.9. The summed E-state index contributed by atoms with van der Waals surface area (Å²) in [5, 5.41) is 0. The summed E-state index contributed by atoms with van der Waals surface area (Å²) in [4.78, 5) is 31.1. The minimum absolute atomic E-state index is 0.171. The van der Waals surface area contributed by atoms with E-state index in [0.717, 1.165) is 43.2 Å². The molecule has 0 saturated carbocycles. The number of nitrogens with zero attached hydrogens (tertiary/aromatic N) is 2. The van der Waals surface area contributed by atoms with E-state index in [9.17, 15) is 18.0 Å². The molecule has 0 saturated heterocycles. The van der Waals surface area contributed by atoms with Crippen LogP contribution in [0.5, 0.6) is 0 Å². The van der Waals surface area contributed by atoms with Gasteiger partial charge < -0.3 is 19.3 Å². The van der Waals surface area contributed by atoms with E-state index in [1.54, 1.807) is 71.1 Å². The van der Waals surface area contributed by atoms with Crippen molar-refractivity contribution in [1.82, 2.24) is 9.80 Å². The Morgan fingerprint density at radius 2 is 1.09 bits per heavy atom. The first kappa shape index (κ1) is 42.9. The van der Waals surface area contributed by atoms with Crippen LogP contribution in [0.2, 0.25) is 0 Å². The van der Waals surface area contributed by atoms with Crippen LogP contribution in [0.25, 0.3) is 0 Å². The van der Waals surface area contributed by atoms with Crippen molar-refractivity contribution in [2.45, 2.75) is 123 Å². The summed E-state index contributed by atoms with van der Waals surface area (Å²) in [6, 6.07) is 31.2. The number of fused-ring (bicyclic) bond motifs is 2. The van der Waals surface area contributed by atoms with Crippen LogP contribution >= 0.6 is 11.8 Å². The normalized spacial score (nSPS) is 16.6. The molecule has 0 spiro atoms. The van der Waals surface area contributed by atoms with Crippen molar-refractivity contribution < 1.29 is 27.5 Å². The average molecular weight is 799 g/mol. The number of sulfone groups is 1. The highest BCUT2D eigenvalue weighted by Crippen LogP contribution is 2.37. The van der Waals surface area contributed by atoms with Crippen LogP contribution in [-0.4, -0.2) is 68.8 Å². The standard InChI is InChI=1S/C23H29NO4S.C23H29NO2S/c1-23(2,3)28-22(25)24(4)16-18-10-8-9-17-15-20(13-14-21(17)18)29(26,27)19-11-6-5-7-12-19;1-23(2,3)26-22(25)24(4)16-18-10-8-9-17-15-20(13-14-21(17)18)27-19-11-6-5-7-12-19/h5-7,11-15,18H,8-10,16H2,1-4H3;5-7,11-15,18H,8-10,16H2,1-4H3/t2*18-/m11/s1. The largest absolute Gasteiger partial charge is 0.444 e. The molecule has 56 heavy (non-hydrogen) atoms. The number of carbonyl (C=O) groups is 2. The number of aryl methyl sites for hydroxylation is 2. The lowest BCUT2D eigenvalue weighted by atomic mass is 9.82. The van der Waals surface area contributed by atoms with E-state index in [1.165, 1.54) is 27.3 Å². The van der Waals surface area contributed by atoms with Gasteiger partial charge in [-0.2, -0.15) is 0 Å². The Labute approximate surface area is 338 Å². The number of rotatable bonds is 8. The molecular weight excluding hydrogens is 741 g/mol. The molecule has 8 nitrogen and oxygen atoms in total. The van der Waals surface area contributed by atoms with Gasteiger partial charge in [0, 0.05) is 48.8 Å². The highest BCUT2D eigenvalue weighted by molar-refractivity contribution is 7.99. The molecule has 0 heterocycles. The number of carbonyl (C=O) groups excluding carboxylic acids is 2. The summed E-state index contributed by atoms with van der Waals surface area (Å²) in [6.45, 7) is 12.5. The third-order valence-corrected chi connectivity index (χ3v) is 12.6. The lowest BCUT2D eigenvalue weighted by Crippen LogP contribution is -2.37. The molecule has 4 aromatic rings. The van der Waals surface area contributed by atoms with Crippen LogP contribution in [0.15, 0.2) is 117 Å². The summed E-state index contributed by atoms with van der Waals surface area (Å²) < 4.78 is 36.8. The van der Waals surface area contributed by atoms with Crippen LogP contribution in [-0.2, 0) is 32.2 Å². The Morgan fingerprint density at radius 3 is 1.59 bits per heavy atom. The van der Waals surface area contributed by atoms with Crippen molar-refractivity contribution in [1.29, 1.82) is 0 Å². The quantitative estimate of drug-likeness (QED) is 0.175. The maximum Gasteiger partial charge on any atom is 0.410 e. The van der Waals surface area contributed by atoms with E-state index in [2.05, 4.69) is 42.5 Å². The molecule has 0 aliphatic heterocycles. The van der Waals surface area contributed by atoms with Crippen LogP contribution in [0.3, 0.4) is 0 Å². The maximum atomic E-state index is 12.9. The van der Waals surface area contributed by atoms with Gasteiger partial charge in [0.15, 0.2) is 0 Å². The molecule has 4 aromatic carbocycles. The molecule has 0 bridgehead atoms. The number of hydrogen-bond acceptors (Lipinski definition) is 7. The van der Waals surface area contributed by atoms with E-state index in [4.69, 9.17) is 9.47 Å². The Kier molecular flexibility index (Phi) is 14.0. The molecular formula is C46H58N2O6S2. The van der Waals surface area contributed by atoms with Crippen LogP contribution in [0.4, 0.5) is 9.59 Å². The fraction of sp³-hybridized carbons (Fsp3) is 0.435. The smallest absolute Gasteiger partial charge is 0.410 e. The van der Waals surface area contributed by atoms with E-state index in [-0.39, 0.29) is 18.1 Å². The second-order valence-corrected chi connectivity index (χ2v) is 19.9. The summed E-state index contributed by atoms with van der Waals surface area (Å²) in [5.74, 6) is 0.548. The highest BCUT2D eigenvalue weighted by atomic mass is 32.2. The minimum Gasteiger partial charge on any atom is -0.444 e. The van der Waals surface area contributed by atoms with Crippen molar-refractivity contribution in [3.63, 3.8) is 0 Å². The molecule has 2 aliphatic carbocycles. The molecule has 0 radical (unpaired) electrons. The van der Waals surface area contributed by atoms with Gasteiger partial charge in [0.25, 0.3) is 0 Å². The van der Waals surface area contributed by atoms with Gasteiger partial charge in [-0.1, -0.05) is 60.3 Å². The molecule has 0 unspecified atom stereocenters. The zero-order valence-corrected chi connectivity index (χ0v) is 35.8. The monoisotopic (exact) mass is 798 g/mol. The number of amides is 2. The molecule has 0 aromatic heterocycles. The third-order valence-electron chi connectivity index (χ3n) is 9.85. The van der Waals surface area contributed by atoms with E-state index < -0.39 is 21.0 Å². The highest BCUT2D eigenvalue weighted by Gasteiger charge is 2.29. The predicted molar refractivity (Wildman–Crippen MR) is 224 cm³/mol. The Hall–Kier alpha value is -4.28. The zero-order chi connectivity index (χ0) is 40.7. The van der Waals surface area contributed by atoms with E-state index in [0.29, 0.717) is 28.8 Å². The van der Waals surface area contributed by atoms with Crippen molar-refractivity contribution in [3.8, 4) is 0 Å². The van der Waals surface area contributed by atoms with Gasteiger partial charge in [-0.25, -0.2) is 18.0 Å². The molecule has 2 aliphatic rings. The van der Waals surface area contributed by atoms with E-state index >= 15 is 0 Å². The topological polar surface area (TPSA) is 93.2 Å². The number of likely N-dealkylation sites (N-methyl/N-ethyl adjacent to an activating group) is 2. The first-order valence-corrected chi connectivity index (χ1v) is 21.9. The van der Waals surface area contributed by atoms with E-state index in [1.807, 2.05) is 60.7 Å². The molecule has 2 amide bonds. The van der Waals surface area contributed by atoms with Crippen molar-refractivity contribution >= 4 is 33.8 Å². The first-order valence-electron chi connectivity index (χ1n) is 19.6. The maximum absolute atomic E-state index is 12.9. The Balaban J connectivity index is 0.000000215. The molecule has 2 atom stereocenters. The van der Waals surface area contributed by atoms with Crippen molar-refractivity contribution in [2.75, 3.05) is 27.2 Å². The molecule has 6 rings (SSSR count). The van der Waals surface area contributed by atoms with Crippen LogP contribution < -0.4 is 0 Å². The van der Waals surface area contributed by atoms with Crippen molar-refractivity contribution in [3.05, 3.63) is 119 Å². The Morgan fingerprint density at radius 1 is 0.625 bits per heavy atom. The number of benzene rings is 4. The minimum atomic E-state index is -3.53. The van der Waals surface area contributed by atoms with Gasteiger partial charge in [0.1, 0.15) is 11.2 Å². The Bertz CT molecular complexity index is 2060. The fourth-order valence-electron chi connectivity index (χ4n) is 7.24. The van der Waals surface area contributed by atoms with Gasteiger partial charge >= 0.3 is 12.2 Å². The second-order valence-electron chi connectivity index (χ2n) is 16.9. The van der Waals surface area contributed by atoms with Gasteiger partial charge in [-0.3, -0.25) is 0 Å². The second kappa shape index (κ2) is 18.3. The number of hydrogen-bond donors (Lipinski definition) is 0. The van der Waals surface area contributed by atoms with Gasteiger partial charge in [-0.05, 0) is 151 Å². The number of ether oxygens (including phenoxy) is 2. The zero-order valence-electron chi connectivity index (χ0n) is 34.2. The SMILES string of the molecule is CN(C[C@H]1CCCc2cc(S(=O)(=O)c3ccccc3)ccc21)C(=O)OC(C)(C)C.CN(C[C@H]1CCCc2cc(Sc3ccccc3)ccc21)C(=O)OC(C)(C)C. The molecule has 10 heteroatoms. The lowest BCUT2D eigenvalue weighted by molar-refractivity contribution is 0.0276. The summed E-state index contributed by atoms with van der Waals surface area (Å²) in [6.07, 6.45) is 5.59. The first-order chi connectivity index (χ1) is 26.4. The molecule has 0 N–H and O–H groups in total. The summed E-state index contributed by atoms with van der Waals surface area (Å²) >= 11 is 1.80. The van der Waals surface area contributed by atoms with Gasteiger partial charge in [0.2, 0.25) is 9.84 Å². The van der Waals surface area contributed by atoms with Crippen LogP contribution in [0, 0.1) is 0 Å². The van der Waals surface area contributed by atoms with Crippen molar-refractivity contribution in [2.24, 2.45) is 0 Å². The predicted octanol–water partition coefficient (Wildman–Crippen LogP) is 10.9. The fourth-order valence-corrected chi connectivity index (χ4v) is 9.48. The summed E-state index contributed by atoms with van der Waals surface area (Å²) in [5.41, 5.74) is 3.99. The summed E-state index contributed by atoms with van der Waals surface area (Å²) in [7, 11) is 0.0506. The molecule has 300 valence electrons. The van der Waals surface area contributed by atoms with Gasteiger partial charge in [0.05, 0.1) is 9.79 Å². The lowest BCUT2D eigenvalue weighted by Gasteiger charge is -2.31.